The van der Waals surface area contributed by atoms with Gasteiger partial charge in [0.15, 0.2) is 0 Å². The Hall–Kier alpha value is -0.300. The van der Waals surface area contributed by atoms with Gasteiger partial charge in [-0.2, -0.15) is 25.3 Å². The second kappa shape index (κ2) is 5.24. The summed E-state index contributed by atoms with van der Waals surface area (Å²) in [6.45, 7) is 0. The summed E-state index contributed by atoms with van der Waals surface area (Å²) in [6.07, 6.45) is 1.82. The van der Waals surface area contributed by atoms with E-state index in [0.717, 1.165) is 24.0 Å². The van der Waals surface area contributed by atoms with Crippen molar-refractivity contribution in [2.75, 3.05) is 0 Å². The van der Waals surface area contributed by atoms with Crippen molar-refractivity contribution >= 4 is 43.8 Å². The molecule has 3 rings (SSSR count). The van der Waals surface area contributed by atoms with Gasteiger partial charge in [-0.1, -0.05) is 18.2 Å². The van der Waals surface area contributed by atoms with Crippen LogP contribution in [0.15, 0.2) is 24.3 Å². The van der Waals surface area contributed by atoms with Crippen molar-refractivity contribution in [3.05, 3.63) is 35.4 Å². The van der Waals surface area contributed by atoms with Gasteiger partial charge in [0.25, 0.3) is 5.91 Å². The number of carbonyl (C=O) groups excluding carboxylic acids is 1. The van der Waals surface area contributed by atoms with E-state index >= 15 is 0 Å². The Morgan fingerprint density at radius 3 is 2.58 bits per heavy atom. The van der Waals surface area contributed by atoms with Gasteiger partial charge in [-0.25, -0.2) is 0 Å². The van der Waals surface area contributed by atoms with Crippen LogP contribution in [0.2, 0.25) is 0 Å². The average molecular weight is 312 g/mol. The fourth-order valence-corrected chi connectivity index (χ4v) is 4.22. The van der Waals surface area contributed by atoms with Crippen LogP contribution in [-0.2, 0) is 0 Å². The van der Waals surface area contributed by atoms with Gasteiger partial charge >= 0.3 is 0 Å². The minimum Gasteiger partial charge on any atom is -0.317 e. The molecule has 102 valence electrons. The predicted molar refractivity (Wildman–Crippen MR) is 86.0 cm³/mol. The van der Waals surface area contributed by atoms with Crippen LogP contribution >= 0.6 is 37.9 Å². The van der Waals surface area contributed by atoms with Crippen LogP contribution in [-0.4, -0.2) is 27.6 Å². The maximum Gasteiger partial charge on any atom is 0.255 e. The van der Waals surface area contributed by atoms with Crippen molar-refractivity contribution in [3.8, 4) is 0 Å². The molecule has 3 nitrogen and oxygen atoms in total. The highest BCUT2D eigenvalue weighted by molar-refractivity contribution is 7.82. The highest BCUT2D eigenvalue weighted by atomic mass is 32.1. The molecule has 1 aromatic rings. The summed E-state index contributed by atoms with van der Waals surface area (Å²) in [5.41, 5.74) is 1.75. The maximum absolute atomic E-state index is 12.5. The first kappa shape index (κ1) is 13.7. The molecule has 1 amide bonds. The molecule has 1 N–H and O–H groups in total. The van der Waals surface area contributed by atoms with Crippen molar-refractivity contribution < 1.29 is 4.79 Å². The molecule has 2 aliphatic rings. The number of piperidine rings is 1. The smallest absolute Gasteiger partial charge is 0.255 e. The van der Waals surface area contributed by atoms with E-state index in [4.69, 9.17) is 0 Å². The molecule has 6 heteroatoms. The molecule has 19 heavy (non-hydrogen) atoms. The Labute approximate surface area is 129 Å². The van der Waals surface area contributed by atoms with Crippen molar-refractivity contribution in [1.82, 2.24) is 10.2 Å². The van der Waals surface area contributed by atoms with Gasteiger partial charge in [0.2, 0.25) is 0 Å². The summed E-state index contributed by atoms with van der Waals surface area (Å²) < 4.78 is 0. The molecule has 0 radical (unpaired) electrons. The lowest BCUT2D eigenvalue weighted by atomic mass is 10.1. The molecule has 0 saturated carbocycles. The molecule has 0 aliphatic carbocycles. The molecular formula is C13H16N2OS3. The molecule has 1 aromatic carbocycles. The van der Waals surface area contributed by atoms with Crippen molar-refractivity contribution in [2.24, 2.45) is 0 Å². The zero-order valence-corrected chi connectivity index (χ0v) is 12.9. The Balaban J connectivity index is 1.89. The van der Waals surface area contributed by atoms with Crippen LogP contribution in [0, 0.1) is 0 Å². The third-order valence-electron chi connectivity index (χ3n) is 3.79. The number of hydrogen-bond donors (Lipinski definition) is 4. The number of fused-ring (bicyclic) bond motifs is 1. The van der Waals surface area contributed by atoms with Crippen LogP contribution in [0.4, 0.5) is 0 Å². The zero-order valence-electron chi connectivity index (χ0n) is 10.2. The Bertz CT molecular complexity index is 510. The molecule has 2 aliphatic heterocycles. The van der Waals surface area contributed by atoms with Gasteiger partial charge in [0, 0.05) is 5.56 Å². The summed E-state index contributed by atoms with van der Waals surface area (Å²) in [4.78, 5) is 14.4. The van der Waals surface area contributed by atoms with E-state index in [1.807, 2.05) is 29.2 Å². The van der Waals surface area contributed by atoms with Gasteiger partial charge in [-0.3, -0.25) is 10.1 Å². The number of amides is 1. The molecule has 0 spiro atoms. The fraction of sp³-hybridized carbons (Fsp3) is 0.462. The summed E-state index contributed by atoms with van der Waals surface area (Å²) in [6, 6.07) is 7.72. The Morgan fingerprint density at radius 1 is 1.16 bits per heavy atom. The van der Waals surface area contributed by atoms with Gasteiger partial charge in [0.1, 0.15) is 5.37 Å². The van der Waals surface area contributed by atoms with Crippen molar-refractivity contribution in [1.29, 1.82) is 0 Å². The number of nitrogens with zero attached hydrogens (tertiary/aromatic N) is 1. The molecule has 0 aromatic heterocycles. The van der Waals surface area contributed by atoms with Crippen LogP contribution in [0.3, 0.4) is 0 Å². The standard InChI is InChI=1S/C13H16N2OS3/c16-12-7-3-1-2-4-8(7)13(19)15(12)9-5-6-10(17)14-11(9)18/h1-4,9-11,13-14,17-19H,5-6H2. The highest BCUT2D eigenvalue weighted by Gasteiger charge is 2.42. The average Bonchev–Trinajstić information content (AvgIpc) is 2.64. The number of carbonyl (C=O) groups is 1. The molecule has 0 bridgehead atoms. The first-order valence-electron chi connectivity index (χ1n) is 6.31. The van der Waals surface area contributed by atoms with Gasteiger partial charge < -0.3 is 4.90 Å². The third kappa shape index (κ3) is 2.28. The lowest BCUT2D eigenvalue weighted by Gasteiger charge is -2.40. The zero-order chi connectivity index (χ0) is 13.6. The van der Waals surface area contributed by atoms with E-state index in [1.165, 1.54) is 0 Å². The quantitative estimate of drug-likeness (QED) is 0.600. The van der Waals surface area contributed by atoms with E-state index < -0.39 is 0 Å². The second-order valence-electron chi connectivity index (χ2n) is 4.95. The SMILES string of the molecule is O=C1c2ccccc2C(S)N1C1CCC(S)NC1S. The number of thiol groups is 3. The summed E-state index contributed by atoms with van der Waals surface area (Å²) in [7, 11) is 0. The van der Waals surface area contributed by atoms with Crippen LogP contribution in [0.5, 0.6) is 0 Å². The minimum absolute atomic E-state index is 0.0501. The topological polar surface area (TPSA) is 32.3 Å². The van der Waals surface area contributed by atoms with Crippen molar-refractivity contribution in [3.63, 3.8) is 0 Å². The maximum atomic E-state index is 12.5. The second-order valence-corrected chi connectivity index (χ2v) is 6.61. The molecule has 1 saturated heterocycles. The molecule has 4 atom stereocenters. The first-order valence-corrected chi connectivity index (χ1v) is 7.86. The van der Waals surface area contributed by atoms with Crippen LogP contribution in [0.25, 0.3) is 0 Å². The molecular weight excluding hydrogens is 296 g/mol. The number of hydrogen-bond acceptors (Lipinski definition) is 5. The van der Waals surface area contributed by atoms with E-state index in [1.54, 1.807) is 0 Å². The van der Waals surface area contributed by atoms with E-state index in [2.05, 4.69) is 43.2 Å². The molecule has 2 heterocycles. The normalized spacial score (nSPS) is 34.5. The Morgan fingerprint density at radius 2 is 1.89 bits per heavy atom. The fourth-order valence-electron chi connectivity index (χ4n) is 2.82. The monoisotopic (exact) mass is 312 g/mol. The van der Waals surface area contributed by atoms with E-state index in [0.29, 0.717) is 0 Å². The summed E-state index contributed by atoms with van der Waals surface area (Å²) in [5, 5.41) is 3.18. The van der Waals surface area contributed by atoms with E-state index in [-0.39, 0.29) is 28.1 Å². The Kier molecular flexibility index (Phi) is 3.77. The number of rotatable bonds is 1. The van der Waals surface area contributed by atoms with Gasteiger partial charge in [-0.15, -0.1) is 12.6 Å². The van der Waals surface area contributed by atoms with Gasteiger partial charge in [0.05, 0.1) is 16.8 Å². The predicted octanol–water partition coefficient (Wildman–Crippen LogP) is 2.33. The first-order chi connectivity index (χ1) is 9.09. The van der Waals surface area contributed by atoms with Crippen molar-refractivity contribution in [2.45, 2.75) is 35.0 Å². The van der Waals surface area contributed by atoms with Crippen LogP contribution in [0.1, 0.15) is 34.1 Å². The highest BCUT2D eigenvalue weighted by Crippen LogP contribution is 2.40. The van der Waals surface area contributed by atoms with Crippen LogP contribution < -0.4 is 5.32 Å². The minimum atomic E-state index is -0.179. The largest absolute Gasteiger partial charge is 0.317 e. The lowest BCUT2D eigenvalue weighted by Crippen LogP contribution is -2.53. The molecule has 1 fully saturated rings. The number of nitrogens with one attached hydrogen (secondary N) is 1. The molecule has 4 unspecified atom stereocenters. The van der Waals surface area contributed by atoms with Gasteiger partial charge in [-0.05, 0) is 24.5 Å². The summed E-state index contributed by atoms with van der Waals surface area (Å²) >= 11 is 13.6. The third-order valence-corrected chi connectivity index (χ3v) is 5.22. The number of benzene rings is 1. The van der Waals surface area contributed by atoms with E-state index in [9.17, 15) is 4.79 Å². The lowest BCUT2D eigenvalue weighted by molar-refractivity contribution is 0.0650. The summed E-state index contributed by atoms with van der Waals surface area (Å²) in [5.74, 6) is 0.0547.